The molecule has 1 aliphatic rings. The number of ether oxygens (including phenoxy) is 2. The van der Waals surface area contributed by atoms with Crippen molar-refractivity contribution in [1.29, 1.82) is 0 Å². The summed E-state index contributed by atoms with van der Waals surface area (Å²) in [5, 5.41) is 9.16. The second-order valence-electron chi connectivity index (χ2n) is 6.99. The fourth-order valence-corrected chi connectivity index (χ4v) is 3.59. The minimum absolute atomic E-state index is 0.0460. The van der Waals surface area contributed by atoms with Crippen molar-refractivity contribution in [2.45, 2.75) is 0 Å². The lowest BCUT2D eigenvalue weighted by atomic mass is 10.1. The molecule has 1 saturated heterocycles. The van der Waals surface area contributed by atoms with Gasteiger partial charge in [0.15, 0.2) is 5.82 Å². The van der Waals surface area contributed by atoms with Gasteiger partial charge in [-0.15, -0.1) is 10.2 Å². The lowest BCUT2D eigenvalue weighted by Gasteiger charge is -2.35. The minimum atomic E-state index is -0.0460. The fourth-order valence-electron chi connectivity index (χ4n) is 3.48. The topological polar surface area (TPSA) is 80.7 Å². The normalized spacial score (nSPS) is 13.8. The van der Waals surface area contributed by atoms with Gasteiger partial charge in [0, 0.05) is 37.9 Å². The molecule has 0 radical (unpaired) electrons. The molecule has 1 aromatic carbocycles. The van der Waals surface area contributed by atoms with Crippen LogP contribution in [0, 0.1) is 0 Å². The zero-order valence-electron chi connectivity index (χ0n) is 17.3. The van der Waals surface area contributed by atoms with Gasteiger partial charge in [0.05, 0.1) is 25.5 Å². The van der Waals surface area contributed by atoms with Crippen LogP contribution in [0.1, 0.15) is 10.4 Å². The van der Waals surface area contributed by atoms with E-state index >= 15 is 0 Å². The highest BCUT2D eigenvalue weighted by atomic mass is 35.5. The van der Waals surface area contributed by atoms with Gasteiger partial charge in [-0.25, -0.2) is 4.98 Å². The van der Waals surface area contributed by atoms with Gasteiger partial charge < -0.3 is 19.3 Å². The molecule has 4 rings (SSSR count). The number of methoxy groups -OCH3 is 2. The largest absolute Gasteiger partial charge is 0.497 e. The van der Waals surface area contributed by atoms with E-state index in [0.717, 1.165) is 17.1 Å². The quantitative estimate of drug-likeness (QED) is 0.565. The number of amides is 1. The average Bonchev–Trinajstić information content (AvgIpc) is 2.84. The summed E-state index contributed by atoms with van der Waals surface area (Å²) in [6.45, 7) is 2.52. The van der Waals surface area contributed by atoms with Crippen molar-refractivity contribution in [2.75, 3.05) is 45.3 Å². The first-order valence-electron chi connectivity index (χ1n) is 9.81. The molecule has 160 valence electrons. The van der Waals surface area contributed by atoms with Crippen LogP contribution < -0.4 is 14.4 Å². The monoisotopic (exact) mass is 439 g/mol. The summed E-state index contributed by atoms with van der Waals surface area (Å²) in [5.41, 5.74) is 2.05. The van der Waals surface area contributed by atoms with Crippen LogP contribution in [0.2, 0.25) is 5.15 Å². The average molecular weight is 440 g/mol. The SMILES string of the molecule is COc1ccc(OC)c(-c2ccc(N3CCN(C(=O)c4ccc(Cl)nc4)CC3)nn2)c1. The highest BCUT2D eigenvalue weighted by Crippen LogP contribution is 2.32. The molecule has 0 saturated carbocycles. The summed E-state index contributed by atoms with van der Waals surface area (Å²) < 4.78 is 10.7. The van der Waals surface area contributed by atoms with Gasteiger partial charge in [-0.3, -0.25) is 4.79 Å². The van der Waals surface area contributed by atoms with E-state index in [0.29, 0.717) is 48.3 Å². The number of rotatable bonds is 5. The molecule has 3 heterocycles. The van der Waals surface area contributed by atoms with Crippen LogP contribution >= 0.6 is 11.6 Å². The van der Waals surface area contributed by atoms with Crippen LogP contribution in [0.5, 0.6) is 11.5 Å². The molecule has 1 aliphatic heterocycles. The van der Waals surface area contributed by atoms with Crippen molar-refractivity contribution in [2.24, 2.45) is 0 Å². The standard InChI is InChI=1S/C22H22ClN5O3/c1-30-16-4-6-19(31-2)17(13-16)18-5-8-21(26-25-18)27-9-11-28(12-10-27)22(29)15-3-7-20(23)24-14-15/h3-8,13-14H,9-12H2,1-2H3. The molecule has 0 unspecified atom stereocenters. The van der Waals surface area contributed by atoms with Crippen LogP contribution in [-0.2, 0) is 0 Å². The lowest BCUT2D eigenvalue weighted by molar-refractivity contribution is 0.0746. The Hall–Kier alpha value is -3.39. The first-order chi connectivity index (χ1) is 15.1. The summed E-state index contributed by atoms with van der Waals surface area (Å²) in [6.07, 6.45) is 1.51. The van der Waals surface area contributed by atoms with Crippen molar-refractivity contribution in [3.8, 4) is 22.8 Å². The number of hydrogen-bond acceptors (Lipinski definition) is 7. The molecule has 2 aromatic heterocycles. The van der Waals surface area contributed by atoms with Crippen molar-refractivity contribution >= 4 is 23.3 Å². The van der Waals surface area contributed by atoms with E-state index in [2.05, 4.69) is 20.1 Å². The number of carbonyl (C=O) groups excluding carboxylic acids is 1. The second-order valence-corrected chi connectivity index (χ2v) is 7.38. The molecule has 0 atom stereocenters. The predicted molar refractivity (Wildman–Crippen MR) is 118 cm³/mol. The van der Waals surface area contributed by atoms with E-state index < -0.39 is 0 Å². The maximum atomic E-state index is 12.6. The molecule has 8 nitrogen and oxygen atoms in total. The minimum Gasteiger partial charge on any atom is -0.497 e. The molecule has 0 bridgehead atoms. The Labute approximate surface area is 185 Å². The molecule has 1 amide bonds. The molecule has 0 aliphatic carbocycles. The summed E-state index contributed by atoms with van der Waals surface area (Å²) in [4.78, 5) is 20.6. The number of nitrogens with zero attached hydrogens (tertiary/aromatic N) is 5. The zero-order chi connectivity index (χ0) is 21.8. The molecule has 1 fully saturated rings. The van der Waals surface area contributed by atoms with Crippen molar-refractivity contribution in [3.05, 3.63) is 59.4 Å². The van der Waals surface area contributed by atoms with E-state index in [1.54, 1.807) is 26.4 Å². The first-order valence-corrected chi connectivity index (χ1v) is 10.2. The molecule has 0 N–H and O–H groups in total. The number of anilines is 1. The van der Waals surface area contributed by atoms with Gasteiger partial charge in [0.2, 0.25) is 0 Å². The first kappa shape index (κ1) is 20.9. The Bertz CT molecular complexity index is 1050. The summed E-state index contributed by atoms with van der Waals surface area (Å²) >= 11 is 5.80. The molecular formula is C22H22ClN5O3. The number of piperazine rings is 1. The van der Waals surface area contributed by atoms with Crippen LogP contribution in [0.25, 0.3) is 11.3 Å². The number of aromatic nitrogens is 3. The van der Waals surface area contributed by atoms with E-state index in [9.17, 15) is 4.79 Å². The highest BCUT2D eigenvalue weighted by Gasteiger charge is 2.23. The Kier molecular flexibility index (Phi) is 6.18. The van der Waals surface area contributed by atoms with Crippen LogP contribution in [0.4, 0.5) is 5.82 Å². The van der Waals surface area contributed by atoms with Crippen molar-refractivity contribution in [3.63, 3.8) is 0 Å². The van der Waals surface area contributed by atoms with Gasteiger partial charge in [0.25, 0.3) is 5.91 Å². The van der Waals surface area contributed by atoms with Gasteiger partial charge in [0.1, 0.15) is 16.7 Å². The number of carbonyl (C=O) groups is 1. The number of halogens is 1. The maximum absolute atomic E-state index is 12.6. The van der Waals surface area contributed by atoms with Crippen molar-refractivity contribution in [1.82, 2.24) is 20.1 Å². The lowest BCUT2D eigenvalue weighted by Crippen LogP contribution is -2.49. The Morgan fingerprint density at radius 3 is 2.39 bits per heavy atom. The summed E-state index contributed by atoms with van der Waals surface area (Å²) in [5.74, 6) is 2.14. The third-order valence-corrected chi connectivity index (χ3v) is 5.42. The van der Waals surface area contributed by atoms with Gasteiger partial charge >= 0.3 is 0 Å². The van der Waals surface area contributed by atoms with Gasteiger partial charge in [-0.2, -0.15) is 0 Å². The summed E-state index contributed by atoms with van der Waals surface area (Å²) in [6, 6.07) is 12.7. The van der Waals surface area contributed by atoms with Crippen LogP contribution in [-0.4, -0.2) is 66.4 Å². The maximum Gasteiger partial charge on any atom is 0.255 e. The molecule has 3 aromatic rings. The number of pyridine rings is 1. The van der Waals surface area contributed by atoms with Gasteiger partial charge in [-0.1, -0.05) is 11.6 Å². The van der Waals surface area contributed by atoms with Crippen LogP contribution in [0.15, 0.2) is 48.7 Å². The molecular weight excluding hydrogens is 418 g/mol. The van der Waals surface area contributed by atoms with E-state index in [4.69, 9.17) is 21.1 Å². The third-order valence-electron chi connectivity index (χ3n) is 5.20. The fraction of sp³-hybridized carbons (Fsp3) is 0.273. The molecule has 31 heavy (non-hydrogen) atoms. The van der Waals surface area contributed by atoms with E-state index in [-0.39, 0.29) is 5.91 Å². The van der Waals surface area contributed by atoms with Crippen LogP contribution in [0.3, 0.4) is 0 Å². The Morgan fingerprint density at radius 2 is 1.77 bits per heavy atom. The second kappa shape index (κ2) is 9.18. The Balaban J connectivity index is 1.43. The third kappa shape index (κ3) is 4.54. The van der Waals surface area contributed by atoms with Gasteiger partial charge in [-0.05, 0) is 42.5 Å². The Morgan fingerprint density at radius 1 is 0.968 bits per heavy atom. The smallest absolute Gasteiger partial charge is 0.255 e. The van der Waals surface area contributed by atoms with E-state index in [1.165, 1.54) is 6.20 Å². The molecule has 0 spiro atoms. The number of hydrogen-bond donors (Lipinski definition) is 0. The van der Waals surface area contributed by atoms with Crippen molar-refractivity contribution < 1.29 is 14.3 Å². The predicted octanol–water partition coefficient (Wildman–Crippen LogP) is 3.17. The molecule has 9 heteroatoms. The zero-order valence-corrected chi connectivity index (χ0v) is 18.0. The van der Waals surface area contributed by atoms with E-state index in [1.807, 2.05) is 35.2 Å². The number of benzene rings is 1. The highest BCUT2D eigenvalue weighted by molar-refractivity contribution is 6.29. The summed E-state index contributed by atoms with van der Waals surface area (Å²) in [7, 11) is 3.24.